The highest BCUT2D eigenvalue weighted by Gasteiger charge is 2.56. The molecule has 1 aromatic carbocycles. The molecule has 2 unspecified atom stereocenters. The minimum atomic E-state index is -0.743. The summed E-state index contributed by atoms with van der Waals surface area (Å²) in [6, 6.07) is 7.63. The van der Waals surface area contributed by atoms with Gasteiger partial charge in [-0.1, -0.05) is 12.1 Å². The van der Waals surface area contributed by atoms with Crippen LogP contribution in [0.5, 0.6) is 0 Å². The van der Waals surface area contributed by atoms with Crippen molar-refractivity contribution in [3.8, 4) is 0 Å². The molecular formula is C18H23NO4. The summed E-state index contributed by atoms with van der Waals surface area (Å²) >= 11 is 0. The number of aryl methyl sites for hydroxylation is 1. The monoisotopic (exact) mass is 317 g/mol. The van der Waals surface area contributed by atoms with Crippen molar-refractivity contribution in [3.63, 3.8) is 0 Å². The minimum Gasteiger partial charge on any atom is -0.458 e. The number of hydrogen-bond donors (Lipinski definition) is 1. The Morgan fingerprint density at radius 1 is 1.35 bits per heavy atom. The molecule has 2 aliphatic heterocycles. The van der Waals surface area contributed by atoms with E-state index in [4.69, 9.17) is 9.47 Å². The van der Waals surface area contributed by atoms with Crippen molar-refractivity contribution in [1.29, 1.82) is 0 Å². The lowest BCUT2D eigenvalue weighted by Crippen LogP contribution is -2.52. The van der Waals surface area contributed by atoms with Gasteiger partial charge in [0, 0.05) is 18.5 Å². The van der Waals surface area contributed by atoms with Crippen LogP contribution in [-0.2, 0) is 19.1 Å². The molecule has 5 heteroatoms. The van der Waals surface area contributed by atoms with Gasteiger partial charge in [0.1, 0.15) is 5.60 Å². The highest BCUT2D eigenvalue weighted by molar-refractivity contribution is 5.97. The largest absolute Gasteiger partial charge is 0.458 e. The summed E-state index contributed by atoms with van der Waals surface area (Å²) in [5.74, 6) is -0.926. The maximum absolute atomic E-state index is 12.8. The second kappa shape index (κ2) is 5.64. The Balaban J connectivity index is 1.82. The van der Waals surface area contributed by atoms with Crippen LogP contribution in [0.4, 0.5) is 5.69 Å². The Hall–Kier alpha value is -1.88. The van der Waals surface area contributed by atoms with E-state index >= 15 is 0 Å². The summed E-state index contributed by atoms with van der Waals surface area (Å²) < 4.78 is 11.4. The molecule has 1 spiro atoms. The Bertz CT molecular complexity index is 640. The molecule has 124 valence electrons. The molecule has 0 bridgehead atoms. The molecule has 2 fully saturated rings. The van der Waals surface area contributed by atoms with E-state index in [0.717, 1.165) is 11.3 Å². The molecule has 2 saturated heterocycles. The first kappa shape index (κ1) is 16.0. The fourth-order valence-corrected chi connectivity index (χ4v) is 3.72. The van der Waals surface area contributed by atoms with Gasteiger partial charge in [-0.05, 0) is 38.5 Å². The molecule has 2 aliphatic rings. The molecule has 0 radical (unpaired) electrons. The van der Waals surface area contributed by atoms with Crippen LogP contribution in [0.15, 0.2) is 24.3 Å². The minimum absolute atomic E-state index is 0.133. The van der Waals surface area contributed by atoms with Crippen molar-refractivity contribution in [1.82, 2.24) is 0 Å². The first-order valence-corrected chi connectivity index (χ1v) is 8.03. The van der Waals surface area contributed by atoms with Crippen molar-refractivity contribution < 1.29 is 19.1 Å². The topological polar surface area (TPSA) is 64.6 Å². The van der Waals surface area contributed by atoms with Crippen molar-refractivity contribution >= 4 is 17.6 Å². The van der Waals surface area contributed by atoms with Gasteiger partial charge in [-0.3, -0.25) is 9.59 Å². The van der Waals surface area contributed by atoms with Gasteiger partial charge in [-0.25, -0.2) is 0 Å². The lowest BCUT2D eigenvalue weighted by Gasteiger charge is -2.43. The summed E-state index contributed by atoms with van der Waals surface area (Å²) in [5.41, 5.74) is 0.677. The third-order valence-electron chi connectivity index (χ3n) is 4.67. The maximum atomic E-state index is 12.8. The normalized spacial score (nSPS) is 29.3. The molecule has 2 atom stereocenters. The van der Waals surface area contributed by atoms with E-state index in [1.54, 1.807) is 0 Å². The Morgan fingerprint density at radius 2 is 2.13 bits per heavy atom. The standard InChI is InChI=1S/C18H23NO4/c1-12-5-4-6-13(9-12)19-16(21)14-10-15(20)23-18(14)7-8-22-17(2,3)11-18/h4-6,9,14H,7-8,10-11H2,1-3H3,(H,19,21). The number of nitrogens with one attached hydrogen (secondary N) is 1. The number of carbonyl (C=O) groups excluding carboxylic acids is 2. The van der Waals surface area contributed by atoms with Crippen LogP contribution in [0.3, 0.4) is 0 Å². The first-order chi connectivity index (χ1) is 10.8. The van der Waals surface area contributed by atoms with Crippen LogP contribution < -0.4 is 5.32 Å². The van der Waals surface area contributed by atoms with Gasteiger partial charge < -0.3 is 14.8 Å². The molecule has 5 nitrogen and oxygen atoms in total. The van der Waals surface area contributed by atoms with Crippen LogP contribution >= 0.6 is 0 Å². The molecule has 2 heterocycles. The summed E-state index contributed by atoms with van der Waals surface area (Å²) in [4.78, 5) is 24.7. The van der Waals surface area contributed by atoms with E-state index in [2.05, 4.69) is 5.32 Å². The van der Waals surface area contributed by atoms with Gasteiger partial charge in [0.05, 0.1) is 24.5 Å². The predicted octanol–water partition coefficient (Wildman–Crippen LogP) is 2.82. The summed E-state index contributed by atoms with van der Waals surface area (Å²) in [6.45, 7) is 6.40. The molecule has 0 saturated carbocycles. The van der Waals surface area contributed by atoms with E-state index in [1.807, 2.05) is 45.0 Å². The fourth-order valence-electron chi connectivity index (χ4n) is 3.72. The van der Waals surface area contributed by atoms with Crippen molar-refractivity contribution in [3.05, 3.63) is 29.8 Å². The molecule has 0 aromatic heterocycles. The zero-order valence-corrected chi connectivity index (χ0v) is 13.8. The lowest BCUT2D eigenvalue weighted by atomic mass is 9.75. The van der Waals surface area contributed by atoms with E-state index in [0.29, 0.717) is 19.4 Å². The summed E-state index contributed by atoms with van der Waals surface area (Å²) in [7, 11) is 0. The van der Waals surface area contributed by atoms with Gasteiger partial charge in [-0.2, -0.15) is 0 Å². The Kier molecular flexibility index (Phi) is 3.92. The maximum Gasteiger partial charge on any atom is 0.307 e. The molecule has 1 aromatic rings. The number of esters is 1. The average Bonchev–Trinajstić information content (AvgIpc) is 2.73. The number of benzene rings is 1. The van der Waals surface area contributed by atoms with Gasteiger partial charge in [0.25, 0.3) is 0 Å². The lowest BCUT2D eigenvalue weighted by molar-refractivity contribution is -0.178. The Morgan fingerprint density at radius 3 is 2.83 bits per heavy atom. The third kappa shape index (κ3) is 3.24. The van der Waals surface area contributed by atoms with E-state index in [-0.39, 0.29) is 18.3 Å². The van der Waals surface area contributed by atoms with Crippen molar-refractivity contribution in [2.24, 2.45) is 5.92 Å². The average molecular weight is 317 g/mol. The predicted molar refractivity (Wildman–Crippen MR) is 86.0 cm³/mol. The molecule has 1 N–H and O–H groups in total. The first-order valence-electron chi connectivity index (χ1n) is 8.03. The quantitative estimate of drug-likeness (QED) is 0.852. The molecule has 0 aliphatic carbocycles. The third-order valence-corrected chi connectivity index (χ3v) is 4.67. The smallest absolute Gasteiger partial charge is 0.307 e. The molecule has 23 heavy (non-hydrogen) atoms. The second-order valence-electron chi connectivity index (χ2n) is 7.19. The zero-order valence-electron chi connectivity index (χ0n) is 13.8. The number of carbonyl (C=O) groups is 2. The van der Waals surface area contributed by atoms with Crippen LogP contribution in [0.2, 0.25) is 0 Å². The van der Waals surface area contributed by atoms with E-state index in [9.17, 15) is 9.59 Å². The van der Waals surface area contributed by atoms with Gasteiger partial charge in [-0.15, -0.1) is 0 Å². The van der Waals surface area contributed by atoms with Crippen molar-refractivity contribution in [2.45, 2.75) is 51.2 Å². The number of anilines is 1. The van der Waals surface area contributed by atoms with Gasteiger partial charge in [0.2, 0.25) is 5.91 Å². The number of rotatable bonds is 2. The number of hydrogen-bond acceptors (Lipinski definition) is 4. The molecule has 3 rings (SSSR count). The highest BCUT2D eigenvalue weighted by Crippen LogP contribution is 2.45. The molecule has 1 amide bonds. The summed E-state index contributed by atoms with van der Waals surface area (Å²) in [6.07, 6.45) is 1.24. The summed E-state index contributed by atoms with van der Waals surface area (Å²) in [5, 5.41) is 2.93. The fraction of sp³-hybridized carbons (Fsp3) is 0.556. The van der Waals surface area contributed by atoms with E-state index < -0.39 is 17.1 Å². The second-order valence-corrected chi connectivity index (χ2v) is 7.19. The van der Waals surface area contributed by atoms with Crippen LogP contribution in [0.1, 0.15) is 38.7 Å². The van der Waals surface area contributed by atoms with Gasteiger partial charge >= 0.3 is 5.97 Å². The zero-order chi connectivity index (χ0) is 16.7. The SMILES string of the molecule is Cc1cccc(NC(=O)C2CC(=O)OC23CCOC(C)(C)C3)c1. The number of amides is 1. The van der Waals surface area contributed by atoms with E-state index in [1.165, 1.54) is 0 Å². The highest BCUT2D eigenvalue weighted by atomic mass is 16.6. The molecular weight excluding hydrogens is 294 g/mol. The van der Waals surface area contributed by atoms with Crippen LogP contribution in [0.25, 0.3) is 0 Å². The van der Waals surface area contributed by atoms with Crippen molar-refractivity contribution in [2.75, 3.05) is 11.9 Å². The van der Waals surface area contributed by atoms with Crippen LogP contribution in [-0.4, -0.2) is 29.7 Å². The van der Waals surface area contributed by atoms with Gasteiger partial charge in [0.15, 0.2) is 0 Å². The Labute approximate surface area is 136 Å². The number of ether oxygens (including phenoxy) is 2. The van der Waals surface area contributed by atoms with Crippen LogP contribution in [0, 0.1) is 12.8 Å².